The molecule has 2 N–H and O–H groups in total. The third-order valence-electron chi connectivity index (χ3n) is 3.77. The summed E-state index contributed by atoms with van der Waals surface area (Å²) < 4.78 is 0. The van der Waals surface area contributed by atoms with Gasteiger partial charge in [0.2, 0.25) is 0 Å². The van der Waals surface area contributed by atoms with E-state index >= 15 is 0 Å². The number of likely N-dealkylation sites (N-methyl/N-ethyl adjacent to an activating group) is 1. The molecule has 0 aromatic heterocycles. The van der Waals surface area contributed by atoms with Gasteiger partial charge in [0, 0.05) is 6.54 Å². The van der Waals surface area contributed by atoms with Gasteiger partial charge in [-0.3, -0.25) is 4.90 Å². The summed E-state index contributed by atoms with van der Waals surface area (Å²) in [5, 5.41) is 20.1. The number of nitrogens with zero attached hydrogens (tertiary/aromatic N) is 1. The van der Waals surface area contributed by atoms with E-state index < -0.39 is 6.10 Å². The molecule has 2 rings (SSSR count). The predicted molar refractivity (Wildman–Crippen MR) is 84.9 cm³/mol. The van der Waals surface area contributed by atoms with Crippen molar-refractivity contribution >= 4 is 0 Å². The van der Waals surface area contributed by atoms with E-state index in [9.17, 15) is 10.2 Å². The first kappa shape index (κ1) is 15.7. The maximum atomic E-state index is 10.8. The van der Waals surface area contributed by atoms with Crippen LogP contribution in [0.5, 0.6) is 0 Å². The second-order valence-electron chi connectivity index (χ2n) is 5.06. The van der Waals surface area contributed by atoms with E-state index in [1.54, 1.807) is 0 Å². The van der Waals surface area contributed by atoms with E-state index in [-0.39, 0.29) is 12.6 Å². The zero-order valence-electron chi connectivity index (χ0n) is 12.4. The molecule has 0 aliphatic heterocycles. The van der Waals surface area contributed by atoms with Crippen molar-refractivity contribution < 1.29 is 10.2 Å². The third-order valence-corrected chi connectivity index (χ3v) is 3.77. The van der Waals surface area contributed by atoms with Gasteiger partial charge in [0.05, 0.1) is 18.8 Å². The monoisotopic (exact) mass is 285 g/mol. The Morgan fingerprint density at radius 1 is 0.905 bits per heavy atom. The average molecular weight is 285 g/mol. The summed E-state index contributed by atoms with van der Waals surface area (Å²) in [6, 6.07) is 19.5. The fourth-order valence-electron chi connectivity index (χ4n) is 2.70. The molecule has 0 fully saturated rings. The summed E-state index contributed by atoms with van der Waals surface area (Å²) in [5.41, 5.74) is 1.95. The van der Waals surface area contributed by atoms with Gasteiger partial charge in [-0.2, -0.15) is 0 Å². The SMILES string of the molecule is CCN(CCO)[C@H](c1ccccc1)[C@H](O)c1ccccc1. The number of aliphatic hydroxyl groups is 2. The van der Waals surface area contributed by atoms with E-state index in [4.69, 9.17) is 0 Å². The van der Waals surface area contributed by atoms with Crippen molar-refractivity contribution in [2.24, 2.45) is 0 Å². The van der Waals surface area contributed by atoms with Crippen molar-refractivity contribution in [2.75, 3.05) is 19.7 Å². The van der Waals surface area contributed by atoms with Crippen molar-refractivity contribution in [2.45, 2.75) is 19.1 Å². The molecule has 0 spiro atoms. The second-order valence-corrected chi connectivity index (χ2v) is 5.06. The number of rotatable bonds is 7. The fourth-order valence-corrected chi connectivity index (χ4v) is 2.70. The van der Waals surface area contributed by atoms with Gasteiger partial charge in [0.25, 0.3) is 0 Å². The van der Waals surface area contributed by atoms with Crippen LogP contribution in [0.4, 0.5) is 0 Å². The molecular formula is C18H23NO2. The van der Waals surface area contributed by atoms with Crippen molar-refractivity contribution in [3.63, 3.8) is 0 Å². The van der Waals surface area contributed by atoms with E-state index in [1.165, 1.54) is 0 Å². The van der Waals surface area contributed by atoms with Crippen molar-refractivity contribution in [3.8, 4) is 0 Å². The quantitative estimate of drug-likeness (QED) is 0.822. The maximum absolute atomic E-state index is 10.8. The van der Waals surface area contributed by atoms with E-state index in [2.05, 4.69) is 4.90 Å². The van der Waals surface area contributed by atoms with E-state index in [1.807, 2.05) is 67.6 Å². The minimum absolute atomic E-state index is 0.0820. The van der Waals surface area contributed by atoms with Crippen molar-refractivity contribution in [1.29, 1.82) is 0 Å². The molecule has 0 saturated carbocycles. The average Bonchev–Trinajstić information content (AvgIpc) is 2.56. The Hall–Kier alpha value is -1.68. The van der Waals surface area contributed by atoms with Gasteiger partial charge in [-0.05, 0) is 17.7 Å². The molecule has 0 saturated heterocycles. The van der Waals surface area contributed by atoms with Gasteiger partial charge in [-0.25, -0.2) is 0 Å². The van der Waals surface area contributed by atoms with Crippen LogP contribution in [0, 0.1) is 0 Å². The summed E-state index contributed by atoms with van der Waals surface area (Å²) in [6.45, 7) is 3.44. The molecule has 3 heteroatoms. The highest BCUT2D eigenvalue weighted by atomic mass is 16.3. The number of aliphatic hydroxyl groups excluding tert-OH is 2. The van der Waals surface area contributed by atoms with Crippen molar-refractivity contribution in [1.82, 2.24) is 4.90 Å². The predicted octanol–water partition coefficient (Wildman–Crippen LogP) is 2.78. The van der Waals surface area contributed by atoms with Crippen LogP contribution in [0.25, 0.3) is 0 Å². The van der Waals surface area contributed by atoms with Gasteiger partial charge in [-0.1, -0.05) is 67.6 Å². The minimum Gasteiger partial charge on any atom is -0.395 e. The summed E-state index contributed by atoms with van der Waals surface area (Å²) in [4.78, 5) is 2.10. The highest BCUT2D eigenvalue weighted by Crippen LogP contribution is 2.33. The zero-order valence-corrected chi connectivity index (χ0v) is 12.4. The molecule has 0 bridgehead atoms. The molecule has 2 aromatic rings. The Kier molecular flexibility index (Phi) is 5.93. The van der Waals surface area contributed by atoms with Gasteiger partial charge >= 0.3 is 0 Å². The van der Waals surface area contributed by atoms with Gasteiger partial charge < -0.3 is 10.2 Å². The molecule has 0 unspecified atom stereocenters. The Morgan fingerprint density at radius 3 is 1.90 bits per heavy atom. The van der Waals surface area contributed by atoms with Crippen LogP contribution < -0.4 is 0 Å². The van der Waals surface area contributed by atoms with Crippen LogP contribution >= 0.6 is 0 Å². The number of hydrogen-bond acceptors (Lipinski definition) is 3. The van der Waals surface area contributed by atoms with E-state index in [0.717, 1.165) is 17.7 Å². The molecule has 0 heterocycles. The van der Waals surface area contributed by atoms with E-state index in [0.29, 0.717) is 6.54 Å². The summed E-state index contributed by atoms with van der Waals surface area (Å²) in [6.07, 6.45) is -0.625. The maximum Gasteiger partial charge on any atom is 0.0986 e. The largest absolute Gasteiger partial charge is 0.395 e. The van der Waals surface area contributed by atoms with Crippen LogP contribution in [0.1, 0.15) is 30.2 Å². The first-order valence-electron chi connectivity index (χ1n) is 7.40. The Morgan fingerprint density at radius 2 is 1.43 bits per heavy atom. The molecule has 21 heavy (non-hydrogen) atoms. The number of benzene rings is 2. The number of hydrogen-bond donors (Lipinski definition) is 2. The first-order chi connectivity index (χ1) is 10.3. The molecule has 112 valence electrons. The standard InChI is InChI=1S/C18H23NO2/c1-2-19(13-14-20)17(15-9-5-3-6-10-15)18(21)16-11-7-4-8-12-16/h3-12,17-18,20-21H,2,13-14H2,1H3/t17-,18-/m1/s1. The molecular weight excluding hydrogens is 262 g/mol. The van der Waals surface area contributed by atoms with Crippen LogP contribution in [0.3, 0.4) is 0 Å². The van der Waals surface area contributed by atoms with Gasteiger partial charge in [-0.15, -0.1) is 0 Å². The molecule has 2 atom stereocenters. The molecule has 0 amide bonds. The topological polar surface area (TPSA) is 43.7 Å². The van der Waals surface area contributed by atoms with Crippen LogP contribution in [-0.4, -0.2) is 34.8 Å². The highest BCUT2D eigenvalue weighted by Gasteiger charge is 2.27. The van der Waals surface area contributed by atoms with Crippen LogP contribution in [-0.2, 0) is 0 Å². The lowest BCUT2D eigenvalue weighted by atomic mass is 9.94. The normalized spacial score (nSPS) is 14.1. The molecule has 0 radical (unpaired) electrons. The first-order valence-corrected chi connectivity index (χ1v) is 7.40. The van der Waals surface area contributed by atoms with Crippen LogP contribution in [0.2, 0.25) is 0 Å². The molecule has 2 aromatic carbocycles. The highest BCUT2D eigenvalue weighted by molar-refractivity contribution is 5.26. The fraction of sp³-hybridized carbons (Fsp3) is 0.333. The van der Waals surface area contributed by atoms with Gasteiger partial charge in [0.15, 0.2) is 0 Å². The Bertz CT molecular complexity index is 515. The molecule has 0 aliphatic rings. The lowest BCUT2D eigenvalue weighted by Crippen LogP contribution is -2.35. The van der Waals surface area contributed by atoms with Crippen LogP contribution in [0.15, 0.2) is 60.7 Å². The smallest absolute Gasteiger partial charge is 0.0986 e. The second kappa shape index (κ2) is 7.93. The molecule has 0 aliphatic carbocycles. The summed E-state index contributed by atoms with van der Waals surface area (Å²) in [7, 11) is 0. The molecule has 3 nitrogen and oxygen atoms in total. The lowest BCUT2D eigenvalue weighted by Gasteiger charge is -2.34. The Labute approximate surface area is 126 Å². The summed E-state index contributed by atoms with van der Waals surface area (Å²) in [5.74, 6) is 0. The summed E-state index contributed by atoms with van der Waals surface area (Å²) >= 11 is 0. The Balaban J connectivity index is 2.35. The third kappa shape index (κ3) is 3.91. The zero-order chi connectivity index (χ0) is 15.1. The van der Waals surface area contributed by atoms with Crippen molar-refractivity contribution in [3.05, 3.63) is 71.8 Å². The minimum atomic E-state index is -0.625. The lowest BCUT2D eigenvalue weighted by molar-refractivity contribution is 0.0404. The van der Waals surface area contributed by atoms with Gasteiger partial charge in [0.1, 0.15) is 0 Å².